The van der Waals surface area contributed by atoms with Crippen molar-refractivity contribution in [2.45, 2.75) is 72.1 Å². The number of cyclic esters (lactones) is 1. The maximum atomic E-state index is 15.2. The van der Waals surface area contributed by atoms with Gasteiger partial charge in [-0.05, 0) is 61.8 Å². The molecule has 4 fully saturated rings. The minimum absolute atomic E-state index is 0. The van der Waals surface area contributed by atoms with Crippen LogP contribution < -0.4 is 0 Å². The summed E-state index contributed by atoms with van der Waals surface area (Å²) in [4.78, 5) is 43.9. The van der Waals surface area contributed by atoms with Gasteiger partial charge in [-0.1, -0.05) is 63.1 Å². The lowest BCUT2D eigenvalue weighted by atomic mass is 9.43. The van der Waals surface area contributed by atoms with E-state index in [1.807, 2.05) is 19.1 Å². The van der Waals surface area contributed by atoms with Gasteiger partial charge < -0.3 is 23.7 Å². The maximum Gasteiger partial charge on any atom is 0.342 e. The van der Waals surface area contributed by atoms with E-state index in [0.717, 1.165) is 44.2 Å². The Bertz CT molecular complexity index is 1410. The van der Waals surface area contributed by atoms with Gasteiger partial charge in [0.15, 0.2) is 6.29 Å². The molecule has 9 heteroatoms. The number of benzene rings is 1. The van der Waals surface area contributed by atoms with Gasteiger partial charge in [0.05, 0.1) is 23.7 Å². The first-order chi connectivity index (χ1) is 21.1. The fourth-order valence-corrected chi connectivity index (χ4v) is 10.7. The van der Waals surface area contributed by atoms with Crippen molar-refractivity contribution in [2.24, 2.45) is 45.8 Å². The Labute approximate surface area is 272 Å². The Hall–Kier alpha value is -2.52. The Balaban J connectivity index is 0.00000357. The summed E-state index contributed by atoms with van der Waals surface area (Å²) < 4.78 is 25.0. The van der Waals surface area contributed by atoms with Crippen molar-refractivity contribution < 1.29 is 33.3 Å². The lowest BCUT2D eigenvalue weighted by molar-refractivity contribution is -0.240. The van der Waals surface area contributed by atoms with E-state index in [9.17, 15) is 9.59 Å². The number of hydrogen-bond acceptors (Lipinski definition) is 8. The molecule has 244 valence electrons. The molecule has 0 aromatic heterocycles. The number of esters is 2. The SMILES string of the molecule is C=CCN1C[C@H](OC[C@@]23C[C@@H]4[C@H](C)CC[C@H]4[C@@]4(C=O)C[C@@H]2C=C(C(C)C)[C@@]34C(=O)OC2OC(=O)c3ccccc32)O[C@H](C)C1.Cl. The van der Waals surface area contributed by atoms with Crippen LogP contribution in [0.5, 0.6) is 0 Å². The normalized spacial score (nSPS) is 41.1. The first kappa shape index (κ1) is 32.4. The van der Waals surface area contributed by atoms with E-state index in [1.165, 1.54) is 0 Å². The molecule has 7 rings (SSSR count). The zero-order valence-corrected chi connectivity index (χ0v) is 27.6. The summed E-state index contributed by atoms with van der Waals surface area (Å²) in [5, 5.41) is 0. The number of morpholine rings is 1. The molecule has 6 aliphatic rings. The number of rotatable bonds is 9. The molecule has 0 spiro atoms. The summed E-state index contributed by atoms with van der Waals surface area (Å²) in [6.07, 6.45) is 6.99. The van der Waals surface area contributed by atoms with Crippen LogP contribution in [0.1, 0.15) is 75.6 Å². The van der Waals surface area contributed by atoms with Gasteiger partial charge in [-0.2, -0.15) is 0 Å². The third kappa shape index (κ3) is 4.38. The molecule has 1 aromatic carbocycles. The van der Waals surface area contributed by atoms with Crippen molar-refractivity contribution in [1.82, 2.24) is 4.90 Å². The molecule has 0 amide bonds. The monoisotopic (exact) mass is 639 g/mol. The molecule has 4 bridgehead atoms. The first-order valence-electron chi connectivity index (χ1n) is 16.4. The van der Waals surface area contributed by atoms with Gasteiger partial charge in [-0.3, -0.25) is 9.69 Å². The lowest BCUT2D eigenvalue weighted by Crippen LogP contribution is -2.64. The van der Waals surface area contributed by atoms with Gasteiger partial charge >= 0.3 is 11.9 Å². The highest BCUT2D eigenvalue weighted by molar-refractivity contribution is 5.95. The van der Waals surface area contributed by atoms with E-state index in [-0.39, 0.29) is 42.9 Å². The summed E-state index contributed by atoms with van der Waals surface area (Å²) in [7, 11) is 0. The van der Waals surface area contributed by atoms with Crippen LogP contribution in [0.25, 0.3) is 0 Å². The minimum atomic E-state index is -1.23. The average Bonchev–Trinajstić information content (AvgIpc) is 3.66. The third-order valence-corrected chi connectivity index (χ3v) is 12.2. The fraction of sp³-hybridized carbons (Fsp3) is 0.639. The maximum absolute atomic E-state index is 15.2. The molecule has 45 heavy (non-hydrogen) atoms. The van der Waals surface area contributed by atoms with Crippen LogP contribution in [0.2, 0.25) is 0 Å². The topological polar surface area (TPSA) is 91.4 Å². The number of nitrogens with zero attached hydrogens (tertiary/aromatic N) is 1. The first-order valence-corrected chi connectivity index (χ1v) is 16.4. The van der Waals surface area contributed by atoms with Crippen LogP contribution in [0, 0.1) is 45.8 Å². The Morgan fingerprint density at radius 2 is 1.96 bits per heavy atom. The van der Waals surface area contributed by atoms with E-state index in [2.05, 4.69) is 38.3 Å². The molecule has 1 saturated heterocycles. The van der Waals surface area contributed by atoms with Crippen molar-refractivity contribution in [1.29, 1.82) is 0 Å². The lowest BCUT2D eigenvalue weighted by Gasteiger charge is -2.59. The standard InChI is InChI=1S/C36H45NO7.ClH/c1-6-13-37-17-23(5)42-30(18-37)41-20-35-16-27-22(4)11-12-28(27)34(19-38)15-24(35)14-29(21(2)3)36(34,35)33(40)44-32-26-10-8-7-9-25(26)31(39)43-32;/h6-10,14,19,21-24,27-28,30,32H,1,11-13,15-18,20H2,2-5H3;1H/t22-,23-,24+,27-,28-,30-,32?,34+,35+,36+;/m1./s1. The Morgan fingerprint density at radius 3 is 2.69 bits per heavy atom. The number of carbonyl (C=O) groups is 3. The highest BCUT2D eigenvalue weighted by atomic mass is 35.5. The summed E-state index contributed by atoms with van der Waals surface area (Å²) in [6.45, 7) is 14.9. The number of hydrogen-bond donors (Lipinski definition) is 0. The van der Waals surface area contributed by atoms with Gasteiger partial charge in [0.25, 0.3) is 6.29 Å². The van der Waals surface area contributed by atoms with Gasteiger partial charge in [0, 0.05) is 30.6 Å². The van der Waals surface area contributed by atoms with Gasteiger partial charge in [0.1, 0.15) is 11.7 Å². The smallest absolute Gasteiger partial charge is 0.342 e. The second-order valence-electron chi connectivity index (χ2n) is 14.6. The highest BCUT2D eigenvalue weighted by Crippen LogP contribution is 2.83. The number of fused-ring (bicyclic) bond motifs is 3. The van der Waals surface area contributed by atoms with Crippen molar-refractivity contribution >= 4 is 30.6 Å². The molecule has 4 aliphatic carbocycles. The Kier molecular flexibility index (Phi) is 8.37. The van der Waals surface area contributed by atoms with E-state index >= 15 is 4.79 Å². The molecule has 1 aromatic rings. The van der Waals surface area contributed by atoms with Crippen molar-refractivity contribution in [3.63, 3.8) is 0 Å². The quantitative estimate of drug-likeness (QED) is 0.187. The predicted molar refractivity (Wildman–Crippen MR) is 169 cm³/mol. The van der Waals surface area contributed by atoms with E-state index in [4.69, 9.17) is 18.9 Å². The van der Waals surface area contributed by atoms with Gasteiger partial charge in [-0.15, -0.1) is 19.0 Å². The summed E-state index contributed by atoms with van der Waals surface area (Å²) in [5.41, 5.74) is -0.913. The van der Waals surface area contributed by atoms with Crippen LogP contribution >= 0.6 is 12.4 Å². The van der Waals surface area contributed by atoms with Crippen LogP contribution in [-0.2, 0) is 28.5 Å². The van der Waals surface area contributed by atoms with Crippen molar-refractivity contribution in [2.75, 3.05) is 26.2 Å². The molecule has 2 heterocycles. The van der Waals surface area contributed by atoms with Crippen molar-refractivity contribution in [3.05, 3.63) is 59.7 Å². The second-order valence-corrected chi connectivity index (χ2v) is 14.6. The van der Waals surface area contributed by atoms with Crippen LogP contribution in [0.15, 0.2) is 48.6 Å². The second kappa shape index (κ2) is 11.6. The molecule has 2 aliphatic heterocycles. The fourth-order valence-electron chi connectivity index (χ4n) is 10.7. The minimum Gasteiger partial charge on any atom is -0.420 e. The van der Waals surface area contributed by atoms with Crippen molar-refractivity contribution in [3.8, 4) is 0 Å². The summed E-state index contributed by atoms with van der Waals surface area (Å²) in [5.74, 6) is -0.144. The molecule has 0 radical (unpaired) electrons. The molecular weight excluding hydrogens is 594 g/mol. The molecule has 0 N–H and O–H groups in total. The molecular formula is C36H46ClNO7. The summed E-state index contributed by atoms with van der Waals surface area (Å²) >= 11 is 0. The number of halogens is 1. The van der Waals surface area contributed by atoms with Crippen LogP contribution in [0.3, 0.4) is 0 Å². The van der Waals surface area contributed by atoms with E-state index in [0.29, 0.717) is 35.9 Å². The number of aldehydes is 1. The van der Waals surface area contributed by atoms with Crippen LogP contribution in [0.4, 0.5) is 0 Å². The third-order valence-electron chi connectivity index (χ3n) is 12.2. The van der Waals surface area contributed by atoms with Gasteiger partial charge in [0.2, 0.25) is 0 Å². The van der Waals surface area contributed by atoms with E-state index < -0.39 is 40.8 Å². The average molecular weight is 640 g/mol. The molecule has 3 saturated carbocycles. The Morgan fingerprint density at radius 1 is 1.18 bits per heavy atom. The van der Waals surface area contributed by atoms with Crippen LogP contribution in [-0.4, -0.2) is 61.8 Å². The molecule has 10 atom stereocenters. The van der Waals surface area contributed by atoms with Gasteiger partial charge in [-0.25, -0.2) is 4.79 Å². The highest BCUT2D eigenvalue weighted by Gasteiger charge is 2.85. The molecule has 8 nitrogen and oxygen atoms in total. The largest absolute Gasteiger partial charge is 0.420 e. The molecule has 1 unspecified atom stereocenters. The summed E-state index contributed by atoms with van der Waals surface area (Å²) in [6, 6.07) is 7.03. The number of ether oxygens (including phenoxy) is 4. The predicted octanol–water partition coefficient (Wildman–Crippen LogP) is 5.91. The number of allylic oxidation sites excluding steroid dienone is 1. The number of carbonyl (C=O) groups excluding carboxylic acids is 3. The zero-order valence-electron chi connectivity index (χ0n) is 26.7. The van der Waals surface area contributed by atoms with E-state index in [1.54, 1.807) is 18.2 Å². The zero-order chi connectivity index (χ0) is 31.0.